The summed E-state index contributed by atoms with van der Waals surface area (Å²) < 4.78 is 10.9. The van der Waals surface area contributed by atoms with Crippen LogP contribution in [-0.4, -0.2) is 64.1 Å². The molecule has 0 spiro atoms. The monoisotopic (exact) mass is 258 g/mol. The Kier molecular flexibility index (Phi) is 8.59. The van der Waals surface area contributed by atoms with Crippen LogP contribution < -0.4 is 5.32 Å². The quantitative estimate of drug-likeness (QED) is 0.600. The van der Waals surface area contributed by atoms with Gasteiger partial charge in [0.05, 0.1) is 13.2 Å². The van der Waals surface area contributed by atoms with E-state index < -0.39 is 0 Å². The Morgan fingerprint density at radius 1 is 1.44 bits per heavy atom. The second-order valence-electron chi connectivity index (χ2n) is 5.14. The number of nitrogens with one attached hydrogen (secondary N) is 1. The topological polar surface area (TPSA) is 33.7 Å². The van der Waals surface area contributed by atoms with Gasteiger partial charge in [-0.2, -0.15) is 0 Å². The van der Waals surface area contributed by atoms with Gasteiger partial charge in [-0.1, -0.05) is 6.92 Å². The number of likely N-dealkylation sites (N-methyl/N-ethyl adjacent to an activating group) is 1. The standard InChI is InChI=1S/C14H30N2O2/c1-4-7-15-14(13-6-9-18-12-13)11-16(3)8-10-17-5-2/h13-15H,4-12H2,1-3H3. The fraction of sp³-hybridized carbons (Fsp3) is 1.00. The summed E-state index contributed by atoms with van der Waals surface area (Å²) >= 11 is 0. The Labute approximate surface area is 112 Å². The summed E-state index contributed by atoms with van der Waals surface area (Å²) in [6.07, 6.45) is 2.38. The molecule has 0 aromatic carbocycles. The van der Waals surface area contributed by atoms with Gasteiger partial charge in [0.1, 0.15) is 0 Å². The van der Waals surface area contributed by atoms with Gasteiger partial charge in [0.25, 0.3) is 0 Å². The van der Waals surface area contributed by atoms with Crippen LogP contribution in [0.2, 0.25) is 0 Å². The van der Waals surface area contributed by atoms with Gasteiger partial charge in [-0.05, 0) is 33.4 Å². The molecule has 1 aliphatic rings. The third kappa shape index (κ3) is 6.14. The minimum atomic E-state index is 0.555. The van der Waals surface area contributed by atoms with Crippen molar-refractivity contribution in [2.75, 3.05) is 53.1 Å². The van der Waals surface area contributed by atoms with Crippen molar-refractivity contribution in [2.24, 2.45) is 5.92 Å². The molecule has 0 aromatic heterocycles. The van der Waals surface area contributed by atoms with E-state index in [4.69, 9.17) is 9.47 Å². The van der Waals surface area contributed by atoms with Gasteiger partial charge in [0.2, 0.25) is 0 Å². The van der Waals surface area contributed by atoms with Crippen LogP contribution >= 0.6 is 0 Å². The minimum absolute atomic E-state index is 0.555. The maximum atomic E-state index is 5.51. The van der Waals surface area contributed by atoms with E-state index in [9.17, 15) is 0 Å². The molecule has 1 heterocycles. The zero-order chi connectivity index (χ0) is 13.2. The zero-order valence-electron chi connectivity index (χ0n) is 12.3. The SMILES string of the molecule is CCCNC(CN(C)CCOCC)C1CCOC1. The highest BCUT2D eigenvalue weighted by molar-refractivity contribution is 4.81. The average molecular weight is 258 g/mol. The molecule has 2 unspecified atom stereocenters. The number of hydrogen-bond acceptors (Lipinski definition) is 4. The van der Waals surface area contributed by atoms with Crippen LogP contribution in [0.4, 0.5) is 0 Å². The van der Waals surface area contributed by atoms with Crippen molar-refractivity contribution in [3.8, 4) is 0 Å². The summed E-state index contributed by atoms with van der Waals surface area (Å²) in [6.45, 7) is 10.9. The summed E-state index contributed by atoms with van der Waals surface area (Å²) in [7, 11) is 2.18. The maximum Gasteiger partial charge on any atom is 0.0593 e. The average Bonchev–Trinajstić information content (AvgIpc) is 2.88. The summed E-state index contributed by atoms with van der Waals surface area (Å²) in [5.41, 5.74) is 0. The lowest BCUT2D eigenvalue weighted by Gasteiger charge is -2.28. The lowest BCUT2D eigenvalue weighted by molar-refractivity contribution is 0.113. The van der Waals surface area contributed by atoms with Crippen LogP contribution in [0.3, 0.4) is 0 Å². The number of nitrogens with zero attached hydrogens (tertiary/aromatic N) is 1. The molecule has 1 N–H and O–H groups in total. The van der Waals surface area contributed by atoms with Crippen molar-refractivity contribution >= 4 is 0 Å². The Morgan fingerprint density at radius 2 is 2.28 bits per heavy atom. The Hall–Kier alpha value is -0.160. The first-order chi connectivity index (χ1) is 8.77. The predicted octanol–water partition coefficient (Wildman–Crippen LogP) is 1.36. The van der Waals surface area contributed by atoms with Crippen molar-refractivity contribution in [3.63, 3.8) is 0 Å². The fourth-order valence-electron chi connectivity index (χ4n) is 2.37. The molecule has 0 radical (unpaired) electrons. The molecule has 18 heavy (non-hydrogen) atoms. The van der Waals surface area contributed by atoms with E-state index >= 15 is 0 Å². The van der Waals surface area contributed by atoms with Crippen LogP contribution in [0.25, 0.3) is 0 Å². The van der Waals surface area contributed by atoms with E-state index in [2.05, 4.69) is 24.2 Å². The van der Waals surface area contributed by atoms with Gasteiger partial charge in [0, 0.05) is 38.3 Å². The molecule has 4 nitrogen and oxygen atoms in total. The molecular formula is C14H30N2O2. The van der Waals surface area contributed by atoms with Crippen molar-refractivity contribution in [1.29, 1.82) is 0 Å². The molecule has 0 aliphatic carbocycles. The Balaban J connectivity index is 2.29. The molecular weight excluding hydrogens is 228 g/mol. The fourth-order valence-corrected chi connectivity index (χ4v) is 2.37. The number of ether oxygens (including phenoxy) is 2. The third-order valence-electron chi connectivity index (χ3n) is 3.52. The van der Waals surface area contributed by atoms with Crippen LogP contribution in [-0.2, 0) is 9.47 Å². The van der Waals surface area contributed by atoms with Crippen molar-refractivity contribution in [3.05, 3.63) is 0 Å². The van der Waals surface area contributed by atoms with Crippen LogP contribution in [0.1, 0.15) is 26.7 Å². The van der Waals surface area contributed by atoms with Crippen molar-refractivity contribution in [1.82, 2.24) is 10.2 Å². The van der Waals surface area contributed by atoms with E-state index in [1.165, 1.54) is 12.8 Å². The molecule has 1 saturated heterocycles. The third-order valence-corrected chi connectivity index (χ3v) is 3.52. The normalized spacial score (nSPS) is 21.7. The Morgan fingerprint density at radius 3 is 2.89 bits per heavy atom. The molecule has 0 amide bonds. The van der Waals surface area contributed by atoms with E-state index in [-0.39, 0.29) is 0 Å². The second kappa shape index (κ2) is 9.73. The number of hydrogen-bond donors (Lipinski definition) is 1. The van der Waals surface area contributed by atoms with E-state index in [0.717, 1.165) is 46.1 Å². The van der Waals surface area contributed by atoms with Gasteiger partial charge in [-0.15, -0.1) is 0 Å². The summed E-state index contributed by atoms with van der Waals surface area (Å²) in [5.74, 6) is 0.672. The molecule has 2 atom stereocenters. The van der Waals surface area contributed by atoms with E-state index in [0.29, 0.717) is 12.0 Å². The number of rotatable bonds is 10. The van der Waals surface area contributed by atoms with Gasteiger partial charge < -0.3 is 19.7 Å². The maximum absolute atomic E-state index is 5.51. The molecule has 1 fully saturated rings. The first-order valence-corrected chi connectivity index (χ1v) is 7.35. The second-order valence-corrected chi connectivity index (χ2v) is 5.14. The first-order valence-electron chi connectivity index (χ1n) is 7.35. The molecule has 108 valence electrons. The molecule has 4 heteroatoms. The molecule has 1 aliphatic heterocycles. The summed E-state index contributed by atoms with van der Waals surface area (Å²) in [6, 6.07) is 0.555. The predicted molar refractivity (Wildman–Crippen MR) is 75.0 cm³/mol. The lowest BCUT2D eigenvalue weighted by Crippen LogP contribution is -2.45. The molecule has 0 bridgehead atoms. The van der Waals surface area contributed by atoms with Crippen molar-refractivity contribution < 1.29 is 9.47 Å². The molecule has 0 aromatic rings. The van der Waals surface area contributed by atoms with Crippen molar-refractivity contribution in [2.45, 2.75) is 32.7 Å². The van der Waals surface area contributed by atoms with Crippen LogP contribution in [0.15, 0.2) is 0 Å². The molecule has 0 saturated carbocycles. The van der Waals surface area contributed by atoms with Crippen LogP contribution in [0, 0.1) is 5.92 Å². The van der Waals surface area contributed by atoms with E-state index in [1.807, 2.05) is 6.92 Å². The van der Waals surface area contributed by atoms with E-state index in [1.54, 1.807) is 0 Å². The summed E-state index contributed by atoms with van der Waals surface area (Å²) in [4.78, 5) is 2.36. The van der Waals surface area contributed by atoms with Gasteiger partial charge in [-0.25, -0.2) is 0 Å². The van der Waals surface area contributed by atoms with Gasteiger partial charge in [-0.3, -0.25) is 0 Å². The van der Waals surface area contributed by atoms with Crippen LogP contribution in [0.5, 0.6) is 0 Å². The first kappa shape index (κ1) is 15.9. The highest BCUT2D eigenvalue weighted by atomic mass is 16.5. The Bertz CT molecular complexity index is 196. The van der Waals surface area contributed by atoms with Gasteiger partial charge >= 0.3 is 0 Å². The lowest BCUT2D eigenvalue weighted by atomic mass is 9.98. The largest absolute Gasteiger partial charge is 0.381 e. The zero-order valence-corrected chi connectivity index (χ0v) is 12.3. The summed E-state index contributed by atoms with van der Waals surface area (Å²) in [5, 5.41) is 3.67. The highest BCUT2D eigenvalue weighted by Gasteiger charge is 2.25. The minimum Gasteiger partial charge on any atom is -0.381 e. The highest BCUT2D eigenvalue weighted by Crippen LogP contribution is 2.17. The smallest absolute Gasteiger partial charge is 0.0593 e. The van der Waals surface area contributed by atoms with Gasteiger partial charge in [0.15, 0.2) is 0 Å². The molecule has 1 rings (SSSR count).